The summed E-state index contributed by atoms with van der Waals surface area (Å²) >= 11 is 0. The third kappa shape index (κ3) is 5.81. The van der Waals surface area contributed by atoms with E-state index in [0.29, 0.717) is 24.4 Å². The third-order valence-electron chi connectivity index (χ3n) is 5.73. The van der Waals surface area contributed by atoms with Gasteiger partial charge in [-0.15, -0.1) is 0 Å². The van der Waals surface area contributed by atoms with Crippen LogP contribution in [0.1, 0.15) is 55.8 Å². The molecule has 2 atom stereocenters. The Kier molecular flexibility index (Phi) is 7.43. The van der Waals surface area contributed by atoms with Crippen molar-refractivity contribution in [2.75, 3.05) is 24.6 Å². The van der Waals surface area contributed by atoms with Crippen LogP contribution in [-0.2, 0) is 19.1 Å². The smallest absolute Gasteiger partial charge is 0.325 e. The van der Waals surface area contributed by atoms with Crippen LogP contribution < -0.4 is 15.5 Å². The lowest BCUT2D eigenvalue weighted by molar-refractivity contribution is -0.147. The monoisotopic (exact) mass is 415 g/mol. The van der Waals surface area contributed by atoms with E-state index in [1.54, 1.807) is 29.2 Å². The quantitative estimate of drug-likeness (QED) is 0.661. The molecule has 1 saturated heterocycles. The van der Waals surface area contributed by atoms with Crippen molar-refractivity contribution < 1.29 is 23.9 Å². The molecule has 162 valence electrons. The Morgan fingerprint density at radius 2 is 1.83 bits per heavy atom. The van der Waals surface area contributed by atoms with Crippen molar-refractivity contribution in [3.8, 4) is 0 Å². The normalized spacial score (nSPS) is 21.2. The summed E-state index contributed by atoms with van der Waals surface area (Å²) in [6, 6.07) is 6.78. The Morgan fingerprint density at radius 3 is 2.50 bits per heavy atom. The summed E-state index contributed by atoms with van der Waals surface area (Å²) in [5.41, 5.74) is 1.13. The summed E-state index contributed by atoms with van der Waals surface area (Å²) in [5, 5.41) is 5.40. The number of ether oxygens (including phenoxy) is 1. The number of benzene rings is 1. The number of amides is 3. The average molecular weight is 415 g/mol. The lowest BCUT2D eigenvalue weighted by Gasteiger charge is -2.29. The standard InChI is InChI=1S/C22H29N3O5/c1-15-5-2-3-6-18(15)24-19(26)14-30-21(28)13-23-22(29)16-8-10-17(11-9-16)25-12-4-7-20(25)27/h8-11,15,18H,2-7,12-14H2,1H3,(H,23,29)(H,24,26)/t15-,18+/m1/s1. The van der Waals surface area contributed by atoms with Crippen molar-refractivity contribution >= 4 is 29.4 Å². The Balaban J connectivity index is 1.38. The van der Waals surface area contributed by atoms with Gasteiger partial charge in [0.25, 0.3) is 11.8 Å². The summed E-state index contributed by atoms with van der Waals surface area (Å²) in [7, 11) is 0. The van der Waals surface area contributed by atoms with Gasteiger partial charge in [0, 0.05) is 30.3 Å². The number of hydrogen-bond donors (Lipinski definition) is 2. The average Bonchev–Trinajstić information content (AvgIpc) is 3.18. The van der Waals surface area contributed by atoms with Gasteiger partial charge < -0.3 is 20.3 Å². The maximum Gasteiger partial charge on any atom is 0.325 e. The fourth-order valence-corrected chi connectivity index (χ4v) is 3.94. The molecule has 3 amide bonds. The molecule has 0 spiro atoms. The first-order valence-electron chi connectivity index (χ1n) is 10.6. The zero-order chi connectivity index (χ0) is 21.5. The Morgan fingerprint density at radius 1 is 1.10 bits per heavy atom. The molecule has 8 nitrogen and oxygen atoms in total. The number of anilines is 1. The number of nitrogens with zero attached hydrogens (tertiary/aromatic N) is 1. The molecule has 1 heterocycles. The minimum absolute atomic E-state index is 0.0805. The SMILES string of the molecule is C[C@@H]1CCCC[C@@H]1NC(=O)COC(=O)CNC(=O)c1ccc(N2CCCC2=O)cc1. The third-order valence-corrected chi connectivity index (χ3v) is 5.73. The maximum atomic E-state index is 12.2. The van der Waals surface area contributed by atoms with E-state index >= 15 is 0 Å². The molecule has 30 heavy (non-hydrogen) atoms. The van der Waals surface area contributed by atoms with Crippen molar-refractivity contribution in [2.45, 2.75) is 51.5 Å². The van der Waals surface area contributed by atoms with E-state index in [9.17, 15) is 19.2 Å². The van der Waals surface area contributed by atoms with Crippen LogP contribution in [0, 0.1) is 5.92 Å². The molecule has 2 N–H and O–H groups in total. The van der Waals surface area contributed by atoms with E-state index in [0.717, 1.165) is 31.4 Å². The van der Waals surface area contributed by atoms with E-state index in [-0.39, 0.29) is 31.0 Å². The Labute approximate surface area is 176 Å². The van der Waals surface area contributed by atoms with E-state index < -0.39 is 11.9 Å². The first kappa shape index (κ1) is 21.8. The van der Waals surface area contributed by atoms with Gasteiger partial charge in [-0.2, -0.15) is 0 Å². The van der Waals surface area contributed by atoms with Crippen LogP contribution in [0.4, 0.5) is 5.69 Å². The van der Waals surface area contributed by atoms with Crippen LogP contribution in [-0.4, -0.2) is 49.4 Å². The van der Waals surface area contributed by atoms with Crippen LogP contribution in [0.2, 0.25) is 0 Å². The lowest BCUT2D eigenvalue weighted by atomic mass is 9.86. The molecular weight excluding hydrogens is 386 g/mol. The van der Waals surface area contributed by atoms with Crippen molar-refractivity contribution in [1.29, 1.82) is 0 Å². The fourth-order valence-electron chi connectivity index (χ4n) is 3.94. The summed E-state index contributed by atoms with van der Waals surface area (Å²) in [5.74, 6) is -0.911. The molecule has 1 aliphatic heterocycles. The van der Waals surface area contributed by atoms with Crippen LogP contribution in [0.15, 0.2) is 24.3 Å². The van der Waals surface area contributed by atoms with Gasteiger partial charge >= 0.3 is 5.97 Å². The minimum Gasteiger partial charge on any atom is -0.454 e. The highest BCUT2D eigenvalue weighted by atomic mass is 16.5. The number of hydrogen-bond acceptors (Lipinski definition) is 5. The zero-order valence-electron chi connectivity index (χ0n) is 17.3. The van der Waals surface area contributed by atoms with Crippen molar-refractivity contribution in [2.24, 2.45) is 5.92 Å². The lowest BCUT2D eigenvalue weighted by Crippen LogP contribution is -2.43. The van der Waals surface area contributed by atoms with Gasteiger partial charge in [-0.05, 0) is 49.4 Å². The molecule has 0 unspecified atom stereocenters. The second-order valence-corrected chi connectivity index (χ2v) is 7.97. The van der Waals surface area contributed by atoms with Crippen molar-refractivity contribution in [1.82, 2.24) is 10.6 Å². The predicted octanol–water partition coefficient (Wildman–Crippen LogP) is 1.78. The molecule has 2 aliphatic rings. The molecule has 2 fully saturated rings. The summed E-state index contributed by atoms with van der Waals surface area (Å²) < 4.78 is 4.96. The van der Waals surface area contributed by atoms with Gasteiger partial charge in [-0.1, -0.05) is 19.8 Å². The molecule has 0 aromatic heterocycles. The Hall–Kier alpha value is -2.90. The van der Waals surface area contributed by atoms with E-state index in [1.165, 1.54) is 6.42 Å². The summed E-state index contributed by atoms with van der Waals surface area (Å²) in [4.78, 5) is 49.5. The van der Waals surface area contributed by atoms with E-state index in [2.05, 4.69) is 17.6 Å². The van der Waals surface area contributed by atoms with Gasteiger partial charge in [0.1, 0.15) is 6.54 Å². The molecule has 1 aromatic carbocycles. The van der Waals surface area contributed by atoms with E-state index in [1.807, 2.05) is 0 Å². The number of rotatable bonds is 7. The van der Waals surface area contributed by atoms with Crippen LogP contribution in [0.25, 0.3) is 0 Å². The van der Waals surface area contributed by atoms with Crippen LogP contribution in [0.3, 0.4) is 0 Å². The first-order valence-corrected chi connectivity index (χ1v) is 10.6. The highest BCUT2D eigenvalue weighted by Crippen LogP contribution is 2.23. The van der Waals surface area contributed by atoms with Crippen molar-refractivity contribution in [3.63, 3.8) is 0 Å². The fraction of sp³-hybridized carbons (Fsp3) is 0.545. The van der Waals surface area contributed by atoms with Gasteiger partial charge in [0.2, 0.25) is 5.91 Å². The van der Waals surface area contributed by atoms with Crippen LogP contribution >= 0.6 is 0 Å². The van der Waals surface area contributed by atoms with Crippen molar-refractivity contribution in [3.05, 3.63) is 29.8 Å². The topological polar surface area (TPSA) is 105 Å². The summed E-state index contributed by atoms with van der Waals surface area (Å²) in [6.45, 7) is 2.12. The molecular formula is C22H29N3O5. The number of carbonyl (C=O) groups excluding carboxylic acids is 4. The number of esters is 1. The molecule has 0 radical (unpaired) electrons. The molecule has 1 saturated carbocycles. The zero-order valence-corrected chi connectivity index (χ0v) is 17.3. The molecule has 1 aliphatic carbocycles. The van der Waals surface area contributed by atoms with Gasteiger partial charge in [0.15, 0.2) is 6.61 Å². The van der Waals surface area contributed by atoms with E-state index in [4.69, 9.17) is 4.74 Å². The predicted molar refractivity (Wildman–Crippen MR) is 111 cm³/mol. The van der Waals surface area contributed by atoms with Crippen LogP contribution in [0.5, 0.6) is 0 Å². The highest BCUT2D eigenvalue weighted by Gasteiger charge is 2.23. The Bertz CT molecular complexity index is 792. The summed E-state index contributed by atoms with van der Waals surface area (Å²) in [6.07, 6.45) is 5.69. The van der Waals surface area contributed by atoms with Gasteiger partial charge in [-0.25, -0.2) is 0 Å². The molecule has 1 aromatic rings. The first-order chi connectivity index (χ1) is 14.4. The maximum absolute atomic E-state index is 12.2. The largest absolute Gasteiger partial charge is 0.454 e. The van der Waals surface area contributed by atoms with Gasteiger partial charge in [-0.3, -0.25) is 19.2 Å². The number of carbonyl (C=O) groups is 4. The number of nitrogens with one attached hydrogen (secondary N) is 2. The second kappa shape index (κ2) is 10.2. The molecule has 3 rings (SSSR count). The highest BCUT2D eigenvalue weighted by molar-refractivity contribution is 5.98. The van der Waals surface area contributed by atoms with Gasteiger partial charge in [0.05, 0.1) is 0 Å². The second-order valence-electron chi connectivity index (χ2n) is 7.97. The minimum atomic E-state index is -0.672. The molecule has 0 bridgehead atoms. The molecule has 8 heteroatoms.